The van der Waals surface area contributed by atoms with Crippen molar-refractivity contribution in [2.45, 2.75) is 66.2 Å². The molecular weight excluding hydrogens is 522 g/mol. The first-order valence-electron chi connectivity index (χ1n) is 13.0. The molecule has 1 atom stereocenters. The number of nitrogens with one attached hydrogen (secondary N) is 2. The van der Waals surface area contributed by atoms with E-state index < -0.39 is 11.9 Å². The van der Waals surface area contributed by atoms with Crippen molar-refractivity contribution in [3.63, 3.8) is 0 Å². The quantitative estimate of drug-likeness (QED) is 0.273. The molecule has 38 heavy (non-hydrogen) atoms. The molecule has 202 valence electrons. The fourth-order valence-electron chi connectivity index (χ4n) is 5.01. The summed E-state index contributed by atoms with van der Waals surface area (Å²) < 4.78 is 5.36. The number of fused-ring (bicyclic) bond motifs is 1. The highest BCUT2D eigenvalue weighted by Gasteiger charge is 2.36. The van der Waals surface area contributed by atoms with Gasteiger partial charge in [-0.3, -0.25) is 24.6 Å². The monoisotopic (exact) mass is 555 g/mol. The van der Waals surface area contributed by atoms with Crippen LogP contribution in [0.5, 0.6) is 0 Å². The number of thiophene rings is 1. The van der Waals surface area contributed by atoms with E-state index in [1.165, 1.54) is 17.4 Å². The Labute approximate surface area is 232 Å². The number of nitrogens with zero attached hydrogens (tertiary/aromatic N) is 1. The molecule has 0 spiro atoms. The third-order valence-corrected chi connectivity index (χ3v) is 9.01. The van der Waals surface area contributed by atoms with Gasteiger partial charge in [0.25, 0.3) is 5.91 Å². The minimum absolute atomic E-state index is 0.0447. The average Bonchev–Trinajstić information content (AvgIpc) is 3.41. The number of benzene rings is 1. The summed E-state index contributed by atoms with van der Waals surface area (Å²) in [6.45, 7) is 8.81. The van der Waals surface area contributed by atoms with Crippen LogP contribution < -0.4 is 15.5 Å². The summed E-state index contributed by atoms with van der Waals surface area (Å²) in [5.41, 5.74) is 2.29. The number of hydrogen-bond acceptors (Lipinski definition) is 7. The zero-order chi connectivity index (χ0) is 27.6. The SMILES string of the molecule is CCOC(=O)c1c(NC(=S)NC(=O)c2cccc(N3C(=O)CCC3=O)c2)sc2c1CC[C@H](C(C)(C)CC)C2. The summed E-state index contributed by atoms with van der Waals surface area (Å²) in [6.07, 6.45) is 4.06. The van der Waals surface area contributed by atoms with Gasteiger partial charge in [-0.2, -0.15) is 0 Å². The van der Waals surface area contributed by atoms with E-state index in [0.717, 1.165) is 41.0 Å². The van der Waals surface area contributed by atoms with Gasteiger partial charge in [0.15, 0.2) is 5.11 Å². The maximum Gasteiger partial charge on any atom is 0.341 e. The van der Waals surface area contributed by atoms with Crippen LogP contribution in [-0.2, 0) is 27.2 Å². The van der Waals surface area contributed by atoms with Gasteiger partial charge in [0.1, 0.15) is 5.00 Å². The molecule has 3 amide bonds. The van der Waals surface area contributed by atoms with Crippen molar-refractivity contribution < 1.29 is 23.9 Å². The first kappa shape index (κ1) is 27.9. The molecule has 0 bridgehead atoms. The van der Waals surface area contributed by atoms with Crippen LogP contribution in [0.2, 0.25) is 0 Å². The molecule has 1 aliphatic carbocycles. The van der Waals surface area contributed by atoms with Gasteiger partial charge in [-0.05, 0) is 73.5 Å². The maximum atomic E-state index is 13.0. The van der Waals surface area contributed by atoms with Crippen molar-refractivity contribution in [2.24, 2.45) is 11.3 Å². The second-order valence-corrected chi connectivity index (χ2v) is 11.8. The van der Waals surface area contributed by atoms with Crippen LogP contribution in [0.25, 0.3) is 0 Å². The smallest absolute Gasteiger partial charge is 0.341 e. The highest BCUT2D eigenvalue weighted by molar-refractivity contribution is 7.80. The summed E-state index contributed by atoms with van der Waals surface area (Å²) in [6, 6.07) is 6.29. The Morgan fingerprint density at radius 1 is 1.16 bits per heavy atom. The summed E-state index contributed by atoms with van der Waals surface area (Å²) in [5, 5.41) is 6.32. The Kier molecular flexibility index (Phi) is 8.32. The second kappa shape index (κ2) is 11.3. The minimum Gasteiger partial charge on any atom is -0.462 e. The van der Waals surface area contributed by atoms with E-state index in [9.17, 15) is 19.2 Å². The fourth-order valence-corrected chi connectivity index (χ4v) is 6.59. The molecule has 2 aromatic rings. The number of esters is 1. The number of rotatable bonds is 7. The topological polar surface area (TPSA) is 105 Å². The van der Waals surface area contributed by atoms with Crippen LogP contribution in [0.4, 0.5) is 10.7 Å². The summed E-state index contributed by atoms with van der Waals surface area (Å²) in [5.74, 6) is -0.963. The Hall–Kier alpha value is -3.11. The van der Waals surface area contributed by atoms with Gasteiger partial charge in [-0.1, -0.05) is 33.3 Å². The maximum absolute atomic E-state index is 13.0. The van der Waals surface area contributed by atoms with E-state index in [-0.39, 0.29) is 47.4 Å². The number of carbonyl (C=O) groups excluding carboxylic acids is 4. The molecular formula is C28H33N3O5S2. The van der Waals surface area contributed by atoms with Crippen molar-refractivity contribution in [3.8, 4) is 0 Å². The molecule has 1 aromatic carbocycles. The lowest BCUT2D eigenvalue weighted by molar-refractivity contribution is -0.121. The molecule has 1 aromatic heterocycles. The van der Waals surface area contributed by atoms with E-state index in [4.69, 9.17) is 17.0 Å². The van der Waals surface area contributed by atoms with Gasteiger partial charge in [-0.25, -0.2) is 4.79 Å². The molecule has 1 fully saturated rings. The van der Waals surface area contributed by atoms with Gasteiger partial charge < -0.3 is 10.1 Å². The van der Waals surface area contributed by atoms with E-state index in [1.54, 1.807) is 25.1 Å². The number of carbonyl (C=O) groups is 4. The fraction of sp³-hybridized carbons (Fsp3) is 0.464. The zero-order valence-electron chi connectivity index (χ0n) is 22.1. The molecule has 0 saturated carbocycles. The molecule has 10 heteroatoms. The third kappa shape index (κ3) is 5.66. The highest BCUT2D eigenvalue weighted by Crippen LogP contribution is 2.45. The average molecular weight is 556 g/mol. The summed E-state index contributed by atoms with van der Waals surface area (Å²) >= 11 is 6.92. The molecule has 8 nitrogen and oxygen atoms in total. The number of anilines is 2. The number of amides is 3. The van der Waals surface area contributed by atoms with Crippen molar-refractivity contribution in [1.29, 1.82) is 0 Å². The predicted molar refractivity (Wildman–Crippen MR) is 152 cm³/mol. The lowest BCUT2D eigenvalue weighted by atomic mass is 9.69. The van der Waals surface area contributed by atoms with E-state index in [1.807, 2.05) is 0 Å². The van der Waals surface area contributed by atoms with Crippen LogP contribution in [0.15, 0.2) is 24.3 Å². The Morgan fingerprint density at radius 3 is 2.53 bits per heavy atom. The van der Waals surface area contributed by atoms with Gasteiger partial charge in [0.05, 0.1) is 17.9 Å². The zero-order valence-corrected chi connectivity index (χ0v) is 23.8. The standard InChI is InChI=1S/C28H33N3O5S2/c1-5-28(3,4)17-10-11-19-20(15-17)38-25(23(19)26(35)36-6-2)30-27(37)29-24(34)16-8-7-9-18(14-16)31-21(32)12-13-22(31)33/h7-9,14,17H,5-6,10-13,15H2,1-4H3,(H2,29,30,34,37)/t17-/m0/s1. The molecule has 0 radical (unpaired) electrons. The molecule has 1 saturated heterocycles. The number of imide groups is 1. The molecule has 2 N–H and O–H groups in total. The van der Waals surface area contributed by atoms with Gasteiger partial charge in [-0.15, -0.1) is 11.3 Å². The largest absolute Gasteiger partial charge is 0.462 e. The number of ether oxygens (including phenoxy) is 1. The van der Waals surface area contributed by atoms with Crippen LogP contribution in [-0.4, -0.2) is 35.4 Å². The van der Waals surface area contributed by atoms with Crippen LogP contribution in [0, 0.1) is 11.3 Å². The van der Waals surface area contributed by atoms with E-state index >= 15 is 0 Å². The Bertz CT molecular complexity index is 1280. The first-order chi connectivity index (χ1) is 18.1. The number of thiocarbonyl (C=S) groups is 1. The first-order valence-corrected chi connectivity index (χ1v) is 14.2. The van der Waals surface area contributed by atoms with Crippen LogP contribution >= 0.6 is 23.6 Å². The van der Waals surface area contributed by atoms with Gasteiger partial charge >= 0.3 is 5.97 Å². The van der Waals surface area contributed by atoms with Gasteiger partial charge in [0.2, 0.25) is 11.8 Å². The third-order valence-electron chi connectivity index (χ3n) is 7.63. The molecule has 2 heterocycles. The molecule has 2 aliphatic rings. The summed E-state index contributed by atoms with van der Waals surface area (Å²) in [4.78, 5) is 52.3. The van der Waals surface area contributed by atoms with Crippen molar-refractivity contribution in [1.82, 2.24) is 5.32 Å². The van der Waals surface area contributed by atoms with Crippen molar-refractivity contribution in [2.75, 3.05) is 16.8 Å². The van der Waals surface area contributed by atoms with E-state index in [0.29, 0.717) is 22.2 Å². The Morgan fingerprint density at radius 2 is 1.87 bits per heavy atom. The number of hydrogen-bond donors (Lipinski definition) is 2. The summed E-state index contributed by atoms with van der Waals surface area (Å²) in [7, 11) is 0. The highest BCUT2D eigenvalue weighted by atomic mass is 32.1. The molecule has 4 rings (SSSR count). The van der Waals surface area contributed by atoms with Crippen molar-refractivity contribution in [3.05, 3.63) is 45.8 Å². The second-order valence-electron chi connectivity index (χ2n) is 10.3. The minimum atomic E-state index is -0.493. The van der Waals surface area contributed by atoms with Crippen molar-refractivity contribution >= 4 is 63.0 Å². The molecule has 1 aliphatic heterocycles. The molecule has 0 unspecified atom stereocenters. The van der Waals surface area contributed by atoms with E-state index in [2.05, 4.69) is 31.4 Å². The normalized spacial score (nSPS) is 17.3. The predicted octanol–water partition coefficient (Wildman–Crippen LogP) is 5.25. The van der Waals surface area contributed by atoms with Crippen LogP contribution in [0.3, 0.4) is 0 Å². The lowest BCUT2D eigenvalue weighted by Gasteiger charge is -2.36. The van der Waals surface area contributed by atoms with Gasteiger partial charge in [0, 0.05) is 23.3 Å². The Balaban J connectivity index is 1.52. The lowest BCUT2D eigenvalue weighted by Crippen LogP contribution is -2.34. The van der Waals surface area contributed by atoms with Crippen LogP contribution in [0.1, 0.15) is 84.5 Å².